The molecule has 2 rings (SSSR count). The Balaban J connectivity index is 2.54. The molecule has 0 radical (unpaired) electrons. The zero-order valence-electron chi connectivity index (χ0n) is 17.2. The Morgan fingerprint density at radius 2 is 1.52 bits per heavy atom. The molecule has 0 aliphatic carbocycles. The molecule has 10 heteroatoms. The summed E-state index contributed by atoms with van der Waals surface area (Å²) in [6.45, 7) is 6.03. The molecule has 1 N–H and O–H groups in total. The predicted molar refractivity (Wildman–Crippen MR) is 114 cm³/mol. The first kappa shape index (κ1) is 23.1. The van der Waals surface area contributed by atoms with Crippen molar-refractivity contribution in [2.75, 3.05) is 31.9 Å². The average Bonchev–Trinajstić information content (AvgIpc) is 2.65. The van der Waals surface area contributed by atoms with Gasteiger partial charge >= 0.3 is 10.2 Å². The third-order valence-electron chi connectivity index (χ3n) is 4.26. The lowest BCUT2D eigenvalue weighted by Gasteiger charge is -2.21. The summed E-state index contributed by atoms with van der Waals surface area (Å²) in [6, 6.07) is 11.4. The monoisotopic (exact) mass is 441 g/mol. The molecule has 29 heavy (non-hydrogen) atoms. The highest BCUT2D eigenvalue weighted by Gasteiger charge is 2.25. The molecule has 0 spiro atoms. The molecule has 0 saturated carbocycles. The molecule has 0 aromatic heterocycles. The van der Waals surface area contributed by atoms with Gasteiger partial charge in [0.1, 0.15) is 5.75 Å². The van der Waals surface area contributed by atoms with Crippen molar-refractivity contribution in [3.63, 3.8) is 0 Å². The van der Waals surface area contributed by atoms with Gasteiger partial charge in [-0.25, -0.2) is 8.42 Å². The van der Waals surface area contributed by atoms with Crippen LogP contribution in [0.15, 0.2) is 47.4 Å². The van der Waals surface area contributed by atoms with Crippen LogP contribution in [0.3, 0.4) is 0 Å². The number of rotatable bonds is 9. The van der Waals surface area contributed by atoms with E-state index in [1.165, 1.54) is 36.6 Å². The van der Waals surface area contributed by atoms with Crippen LogP contribution >= 0.6 is 0 Å². The second-order valence-corrected chi connectivity index (χ2v) is 10.4. The van der Waals surface area contributed by atoms with Gasteiger partial charge in [-0.15, -0.1) is 0 Å². The number of hydrogen-bond acceptors (Lipinski definition) is 5. The van der Waals surface area contributed by atoms with Crippen LogP contribution in [0.25, 0.3) is 0 Å². The van der Waals surface area contributed by atoms with Crippen molar-refractivity contribution in [1.82, 2.24) is 8.61 Å². The van der Waals surface area contributed by atoms with Gasteiger partial charge < -0.3 is 4.74 Å². The van der Waals surface area contributed by atoms with E-state index in [-0.39, 0.29) is 16.3 Å². The zero-order valence-corrected chi connectivity index (χ0v) is 18.8. The van der Waals surface area contributed by atoms with Crippen LogP contribution in [0.5, 0.6) is 11.5 Å². The van der Waals surface area contributed by atoms with Crippen LogP contribution in [0.4, 0.5) is 5.69 Å². The van der Waals surface area contributed by atoms with Crippen LogP contribution in [-0.4, -0.2) is 52.6 Å². The minimum absolute atomic E-state index is 0.0195. The predicted octanol–water partition coefficient (Wildman–Crippen LogP) is 3.04. The number of nitrogens with one attached hydrogen (secondary N) is 1. The van der Waals surface area contributed by atoms with Gasteiger partial charge in [0, 0.05) is 27.2 Å². The maximum Gasteiger partial charge on any atom is 0.301 e. The molecule has 0 atom stereocenters. The van der Waals surface area contributed by atoms with E-state index in [0.29, 0.717) is 18.8 Å². The van der Waals surface area contributed by atoms with Gasteiger partial charge in [0.25, 0.3) is 0 Å². The van der Waals surface area contributed by atoms with E-state index >= 15 is 0 Å². The molecule has 0 fully saturated rings. The van der Waals surface area contributed by atoms with E-state index in [9.17, 15) is 16.8 Å². The Morgan fingerprint density at radius 3 is 2.03 bits per heavy atom. The molecular formula is C19H27N3O5S2. The Morgan fingerprint density at radius 1 is 0.931 bits per heavy atom. The molecule has 0 aliphatic heterocycles. The summed E-state index contributed by atoms with van der Waals surface area (Å²) in [5.74, 6) is 0.693. The lowest BCUT2D eigenvalue weighted by atomic mass is 10.2. The van der Waals surface area contributed by atoms with Gasteiger partial charge in [0.15, 0.2) is 5.75 Å². The fraction of sp³-hybridized carbons (Fsp3) is 0.368. The molecule has 0 aliphatic rings. The minimum atomic E-state index is -3.87. The lowest BCUT2D eigenvalue weighted by Crippen LogP contribution is -2.31. The molecule has 0 saturated heterocycles. The van der Waals surface area contributed by atoms with Crippen LogP contribution in [0.1, 0.15) is 19.4 Å². The van der Waals surface area contributed by atoms with Crippen molar-refractivity contribution >= 4 is 25.9 Å². The van der Waals surface area contributed by atoms with Crippen molar-refractivity contribution in [2.45, 2.75) is 25.7 Å². The SMILES string of the molecule is CCN(CC)S(=O)(=O)c1ccc(Oc2ccc(C)cc2)c(NS(=O)(=O)N(C)C)c1. The molecule has 0 heterocycles. The number of aryl methyl sites for hydroxylation is 1. The van der Waals surface area contributed by atoms with Gasteiger partial charge in [-0.2, -0.15) is 17.0 Å². The van der Waals surface area contributed by atoms with E-state index in [2.05, 4.69) is 4.72 Å². The topological polar surface area (TPSA) is 96.0 Å². The van der Waals surface area contributed by atoms with E-state index in [0.717, 1.165) is 9.87 Å². The number of benzene rings is 2. The van der Waals surface area contributed by atoms with Gasteiger partial charge in [-0.1, -0.05) is 31.5 Å². The standard InChI is InChI=1S/C19H27N3O5S2/c1-6-22(7-2)28(23,24)17-12-13-19(27-16-10-8-15(3)9-11-16)18(14-17)20-29(25,26)21(4)5/h8-14,20H,6-7H2,1-5H3. The largest absolute Gasteiger partial charge is 0.455 e. The minimum Gasteiger partial charge on any atom is -0.455 e. The van der Waals surface area contributed by atoms with Crippen molar-refractivity contribution in [3.8, 4) is 11.5 Å². The first-order valence-corrected chi connectivity index (χ1v) is 12.0. The van der Waals surface area contributed by atoms with Crippen molar-refractivity contribution in [3.05, 3.63) is 48.0 Å². The Kier molecular flexibility index (Phi) is 7.28. The Hall–Kier alpha value is -2.14. The van der Waals surface area contributed by atoms with Crippen LogP contribution in [-0.2, 0) is 20.2 Å². The van der Waals surface area contributed by atoms with Gasteiger partial charge in [0.05, 0.1) is 10.6 Å². The maximum absolute atomic E-state index is 12.9. The van der Waals surface area contributed by atoms with Crippen molar-refractivity contribution < 1.29 is 21.6 Å². The number of hydrogen-bond donors (Lipinski definition) is 1. The Bertz CT molecular complexity index is 1050. The fourth-order valence-electron chi connectivity index (χ4n) is 2.51. The molecule has 0 bridgehead atoms. The fourth-order valence-corrected chi connectivity index (χ4v) is 4.62. The summed E-state index contributed by atoms with van der Waals surface area (Å²) in [6.07, 6.45) is 0. The first-order chi connectivity index (χ1) is 13.5. The first-order valence-electron chi connectivity index (χ1n) is 9.10. The molecule has 0 amide bonds. The molecule has 8 nitrogen and oxygen atoms in total. The van der Waals surface area contributed by atoms with Crippen molar-refractivity contribution in [2.24, 2.45) is 0 Å². The quantitative estimate of drug-likeness (QED) is 0.645. The van der Waals surface area contributed by atoms with Crippen LogP contribution < -0.4 is 9.46 Å². The molecule has 160 valence electrons. The summed E-state index contributed by atoms with van der Waals surface area (Å²) in [4.78, 5) is -0.0195. The second-order valence-electron chi connectivity index (χ2n) is 6.55. The molecule has 0 unspecified atom stereocenters. The van der Waals surface area contributed by atoms with E-state index < -0.39 is 20.2 Å². The summed E-state index contributed by atoms with van der Waals surface area (Å²) >= 11 is 0. The summed E-state index contributed by atoms with van der Waals surface area (Å²) in [5, 5.41) is 0. The molecular weight excluding hydrogens is 414 g/mol. The lowest BCUT2D eigenvalue weighted by molar-refractivity contribution is 0.445. The van der Waals surface area contributed by atoms with Gasteiger partial charge in [-0.05, 0) is 37.3 Å². The van der Waals surface area contributed by atoms with Gasteiger partial charge in [-0.3, -0.25) is 4.72 Å². The number of anilines is 1. The third-order valence-corrected chi connectivity index (χ3v) is 7.75. The van der Waals surface area contributed by atoms with Crippen LogP contribution in [0, 0.1) is 6.92 Å². The number of nitrogens with zero attached hydrogens (tertiary/aromatic N) is 2. The zero-order chi connectivity index (χ0) is 21.8. The van der Waals surface area contributed by atoms with Crippen molar-refractivity contribution in [1.29, 1.82) is 0 Å². The highest BCUT2D eigenvalue weighted by Crippen LogP contribution is 2.33. The summed E-state index contributed by atoms with van der Waals surface area (Å²) in [5.41, 5.74) is 1.08. The Labute approximate surface area is 173 Å². The van der Waals surface area contributed by atoms with E-state index in [4.69, 9.17) is 4.74 Å². The maximum atomic E-state index is 12.9. The van der Waals surface area contributed by atoms with Gasteiger partial charge in [0.2, 0.25) is 10.0 Å². The smallest absolute Gasteiger partial charge is 0.301 e. The summed E-state index contributed by atoms with van der Waals surface area (Å²) < 4.78 is 60.9. The van der Waals surface area contributed by atoms with E-state index in [1.807, 2.05) is 19.1 Å². The third kappa shape index (κ3) is 5.47. The summed E-state index contributed by atoms with van der Waals surface area (Å²) in [7, 11) is -4.89. The highest BCUT2D eigenvalue weighted by molar-refractivity contribution is 7.90. The van der Waals surface area contributed by atoms with Crippen LogP contribution in [0.2, 0.25) is 0 Å². The molecule has 2 aromatic rings. The number of sulfonamides is 1. The molecule has 2 aromatic carbocycles. The average molecular weight is 442 g/mol. The van der Waals surface area contributed by atoms with E-state index in [1.54, 1.807) is 26.0 Å². The highest BCUT2D eigenvalue weighted by atomic mass is 32.2. The normalized spacial score (nSPS) is 12.4. The second kappa shape index (κ2) is 9.12. The number of ether oxygens (including phenoxy) is 1.